The first-order valence-corrected chi connectivity index (χ1v) is 6.00. The third-order valence-corrected chi connectivity index (χ3v) is 4.11. The van der Waals surface area contributed by atoms with Crippen molar-refractivity contribution in [1.82, 2.24) is 0 Å². The first-order valence-electron chi connectivity index (χ1n) is 5.46. The first-order chi connectivity index (χ1) is 6.22. The molecule has 0 aromatic heterocycles. The van der Waals surface area contributed by atoms with Gasteiger partial charge in [0, 0.05) is 11.3 Å². The van der Waals surface area contributed by atoms with Crippen LogP contribution in [0.5, 0.6) is 0 Å². The van der Waals surface area contributed by atoms with Gasteiger partial charge in [-0.15, -0.1) is 11.6 Å². The van der Waals surface area contributed by atoms with Crippen LogP contribution in [0.1, 0.15) is 47.5 Å². The van der Waals surface area contributed by atoms with Crippen molar-refractivity contribution in [2.24, 2.45) is 16.2 Å². The highest BCUT2D eigenvalue weighted by Crippen LogP contribution is 2.52. The molecule has 0 N–H and O–H groups in total. The van der Waals surface area contributed by atoms with Crippen LogP contribution in [0, 0.1) is 16.2 Å². The van der Waals surface area contributed by atoms with E-state index in [4.69, 9.17) is 11.6 Å². The molecule has 0 nitrogen and oxygen atoms in total. The van der Waals surface area contributed by atoms with Crippen LogP contribution in [0.4, 0.5) is 0 Å². The fourth-order valence-corrected chi connectivity index (χ4v) is 2.98. The Kier molecular flexibility index (Phi) is 3.07. The van der Waals surface area contributed by atoms with E-state index in [2.05, 4.69) is 46.8 Å². The number of halogens is 1. The molecule has 0 aromatic carbocycles. The molecule has 0 aliphatic heterocycles. The van der Waals surface area contributed by atoms with Crippen LogP contribution in [0.15, 0.2) is 12.2 Å². The van der Waals surface area contributed by atoms with E-state index in [-0.39, 0.29) is 10.8 Å². The molecule has 1 atom stereocenters. The Hall–Kier alpha value is 0.0300. The fraction of sp³-hybridized carbons (Fsp3) is 0.846. The lowest BCUT2D eigenvalue weighted by atomic mass is 9.58. The summed E-state index contributed by atoms with van der Waals surface area (Å²) in [4.78, 5) is 0. The Morgan fingerprint density at radius 1 is 1.29 bits per heavy atom. The van der Waals surface area contributed by atoms with E-state index in [9.17, 15) is 0 Å². The fourth-order valence-electron chi connectivity index (χ4n) is 2.40. The lowest BCUT2D eigenvalue weighted by Crippen LogP contribution is -2.41. The minimum absolute atomic E-state index is 0.177. The maximum atomic E-state index is 6.20. The van der Waals surface area contributed by atoms with E-state index in [1.54, 1.807) is 0 Å². The summed E-state index contributed by atoms with van der Waals surface area (Å²) >= 11 is 6.20. The third kappa shape index (κ3) is 2.16. The van der Waals surface area contributed by atoms with E-state index < -0.39 is 0 Å². The van der Waals surface area contributed by atoms with Crippen molar-refractivity contribution < 1.29 is 0 Å². The van der Waals surface area contributed by atoms with Crippen LogP contribution < -0.4 is 0 Å². The molecule has 0 saturated carbocycles. The van der Waals surface area contributed by atoms with E-state index in [1.165, 1.54) is 12.8 Å². The van der Waals surface area contributed by atoms with Crippen molar-refractivity contribution >= 4 is 11.6 Å². The largest absolute Gasteiger partial charge is 0.126 e. The summed E-state index contributed by atoms with van der Waals surface area (Å²) in [6.45, 7) is 11.6. The molecule has 1 unspecified atom stereocenters. The standard InChI is InChI=1S/C13H23Cl/c1-11(2,3)13(10-14)8-6-7-12(4,5)9-13/h6,8H,7,9-10H2,1-5H3. The monoisotopic (exact) mass is 214 g/mol. The summed E-state index contributed by atoms with van der Waals surface area (Å²) in [5, 5.41) is 0. The molecule has 0 spiro atoms. The summed E-state index contributed by atoms with van der Waals surface area (Å²) in [6, 6.07) is 0. The van der Waals surface area contributed by atoms with Crippen LogP contribution >= 0.6 is 11.6 Å². The molecule has 0 bridgehead atoms. The second kappa shape index (κ2) is 3.56. The highest BCUT2D eigenvalue weighted by atomic mass is 35.5. The topological polar surface area (TPSA) is 0 Å². The maximum Gasteiger partial charge on any atom is 0.0319 e. The van der Waals surface area contributed by atoms with Gasteiger partial charge in [0.05, 0.1) is 0 Å². The number of rotatable bonds is 1. The SMILES string of the molecule is CC1(C)CC=CC(CCl)(C(C)(C)C)C1. The van der Waals surface area contributed by atoms with Gasteiger partial charge in [-0.3, -0.25) is 0 Å². The van der Waals surface area contributed by atoms with Crippen LogP contribution in [0.2, 0.25) is 0 Å². The predicted octanol–water partition coefficient (Wildman–Crippen LogP) is 4.63. The Bertz CT molecular complexity index is 232. The van der Waals surface area contributed by atoms with E-state index >= 15 is 0 Å². The van der Waals surface area contributed by atoms with E-state index in [0.29, 0.717) is 5.41 Å². The molecular formula is C13H23Cl. The second-order valence-corrected chi connectivity index (χ2v) is 6.75. The number of alkyl halides is 1. The van der Waals surface area contributed by atoms with Gasteiger partial charge < -0.3 is 0 Å². The molecule has 1 rings (SSSR count). The molecule has 14 heavy (non-hydrogen) atoms. The third-order valence-electron chi connectivity index (χ3n) is 3.63. The lowest BCUT2D eigenvalue weighted by Gasteiger charge is -2.48. The van der Waals surface area contributed by atoms with Gasteiger partial charge in [-0.2, -0.15) is 0 Å². The minimum Gasteiger partial charge on any atom is -0.126 e. The molecule has 0 aromatic rings. The van der Waals surface area contributed by atoms with Crippen LogP contribution in [-0.4, -0.2) is 5.88 Å². The van der Waals surface area contributed by atoms with Gasteiger partial charge in [0.25, 0.3) is 0 Å². The molecule has 0 fully saturated rings. The first kappa shape index (κ1) is 12.1. The predicted molar refractivity (Wildman–Crippen MR) is 64.8 cm³/mol. The number of allylic oxidation sites excluding steroid dienone is 2. The number of hydrogen-bond acceptors (Lipinski definition) is 0. The smallest absolute Gasteiger partial charge is 0.0319 e. The average molecular weight is 215 g/mol. The van der Waals surface area contributed by atoms with E-state index in [1.807, 2.05) is 0 Å². The molecule has 0 heterocycles. The molecule has 1 heteroatoms. The van der Waals surface area contributed by atoms with Gasteiger partial charge in [-0.1, -0.05) is 46.8 Å². The van der Waals surface area contributed by atoms with Gasteiger partial charge in [-0.25, -0.2) is 0 Å². The highest BCUT2D eigenvalue weighted by Gasteiger charge is 2.44. The van der Waals surface area contributed by atoms with Gasteiger partial charge in [-0.05, 0) is 23.7 Å². The van der Waals surface area contributed by atoms with Crippen LogP contribution in [0.3, 0.4) is 0 Å². The highest BCUT2D eigenvalue weighted by molar-refractivity contribution is 6.18. The molecule has 1 aliphatic carbocycles. The zero-order valence-electron chi connectivity index (χ0n) is 10.2. The summed E-state index contributed by atoms with van der Waals surface area (Å²) in [7, 11) is 0. The van der Waals surface area contributed by atoms with Crippen molar-refractivity contribution in [2.75, 3.05) is 5.88 Å². The molecule has 1 aliphatic rings. The summed E-state index contributed by atoms with van der Waals surface area (Å²) < 4.78 is 0. The molecule has 0 saturated heterocycles. The van der Waals surface area contributed by atoms with Crippen molar-refractivity contribution in [3.63, 3.8) is 0 Å². The lowest BCUT2D eigenvalue weighted by molar-refractivity contribution is 0.0901. The van der Waals surface area contributed by atoms with Crippen molar-refractivity contribution in [3.05, 3.63) is 12.2 Å². The van der Waals surface area contributed by atoms with Gasteiger partial charge in [0.2, 0.25) is 0 Å². The number of hydrogen-bond donors (Lipinski definition) is 0. The van der Waals surface area contributed by atoms with Gasteiger partial charge in [0.15, 0.2) is 0 Å². The molecule has 0 radical (unpaired) electrons. The minimum atomic E-state index is 0.177. The Morgan fingerprint density at radius 3 is 2.14 bits per heavy atom. The second-order valence-electron chi connectivity index (χ2n) is 6.49. The Balaban J connectivity index is 3.03. The molecule has 0 amide bonds. The van der Waals surface area contributed by atoms with Crippen LogP contribution in [-0.2, 0) is 0 Å². The summed E-state index contributed by atoms with van der Waals surface area (Å²) in [5.41, 5.74) is 0.830. The maximum absolute atomic E-state index is 6.20. The van der Waals surface area contributed by atoms with Crippen molar-refractivity contribution in [3.8, 4) is 0 Å². The molecule has 82 valence electrons. The van der Waals surface area contributed by atoms with Crippen LogP contribution in [0.25, 0.3) is 0 Å². The van der Waals surface area contributed by atoms with Gasteiger partial charge >= 0.3 is 0 Å². The van der Waals surface area contributed by atoms with Gasteiger partial charge in [0.1, 0.15) is 0 Å². The Morgan fingerprint density at radius 2 is 1.86 bits per heavy atom. The van der Waals surface area contributed by atoms with Crippen molar-refractivity contribution in [1.29, 1.82) is 0 Å². The summed E-state index contributed by atoms with van der Waals surface area (Å²) in [5.74, 6) is 0.733. The van der Waals surface area contributed by atoms with E-state index in [0.717, 1.165) is 5.88 Å². The Labute approximate surface area is 93.7 Å². The molecular weight excluding hydrogens is 192 g/mol. The normalized spacial score (nSPS) is 31.9. The summed E-state index contributed by atoms with van der Waals surface area (Å²) in [6.07, 6.45) is 7.05. The quantitative estimate of drug-likeness (QED) is 0.441. The zero-order valence-corrected chi connectivity index (χ0v) is 10.9. The van der Waals surface area contributed by atoms with Crippen molar-refractivity contribution in [2.45, 2.75) is 47.5 Å². The zero-order chi connectivity index (χ0) is 11.0. The average Bonchev–Trinajstić information content (AvgIpc) is 2.00.